The number of H-pyrrole nitrogens is 1. The molecule has 4 aliphatic rings. The Morgan fingerprint density at radius 2 is 1.76 bits per heavy atom. The number of hydrogen-bond acceptors (Lipinski definition) is 4. The summed E-state index contributed by atoms with van der Waals surface area (Å²) in [7, 11) is 1.64. The van der Waals surface area contributed by atoms with Gasteiger partial charge in [-0.3, -0.25) is 9.89 Å². The monoisotopic (exact) mass is 392 g/mol. The summed E-state index contributed by atoms with van der Waals surface area (Å²) in [6.07, 6.45) is 7.95. The molecule has 152 valence electrons. The van der Waals surface area contributed by atoms with E-state index in [1.54, 1.807) is 7.11 Å². The first-order valence-electron chi connectivity index (χ1n) is 10.6. The Kier molecular flexibility index (Phi) is 4.45. The van der Waals surface area contributed by atoms with Crippen LogP contribution in [0.3, 0.4) is 0 Å². The molecule has 6 heteroatoms. The lowest BCUT2D eigenvalue weighted by atomic mass is 9.49. The minimum atomic E-state index is -0.273. The summed E-state index contributed by atoms with van der Waals surface area (Å²) < 4.78 is 5.17. The molecule has 0 radical (unpaired) electrons. The van der Waals surface area contributed by atoms with Crippen molar-refractivity contribution in [2.24, 2.45) is 22.9 Å². The number of methoxy groups -OCH3 is 1. The van der Waals surface area contributed by atoms with Gasteiger partial charge in [0.15, 0.2) is 5.69 Å². The summed E-state index contributed by atoms with van der Waals surface area (Å²) in [6.45, 7) is 1.87. The molecule has 0 aliphatic heterocycles. The number of carbonyl (C=O) groups excluding carboxylic acids is 1. The standard InChI is InChI=1S/C23H28N4O2/c1-14(18-3-5-19(29-2)6-4-18)24-27-22(28)20-10-21(26-25-20)23-11-15-7-16(12-23)9-17(8-15)13-23/h3-6,10,15-17H,7-9,11-13H2,1-2H3,(H,25,26)(H,27,28)/b24-14+. The fourth-order valence-corrected chi connectivity index (χ4v) is 6.24. The molecule has 29 heavy (non-hydrogen) atoms. The highest BCUT2D eigenvalue weighted by atomic mass is 16.5. The SMILES string of the molecule is COc1ccc(/C(C)=N/NC(=O)c2cc(C34CC5CC(CC(C5)C3)C4)[nH]n2)cc1. The average Bonchev–Trinajstić information content (AvgIpc) is 3.22. The van der Waals surface area contributed by atoms with E-state index >= 15 is 0 Å². The number of aromatic amines is 1. The van der Waals surface area contributed by atoms with Crippen LogP contribution in [-0.2, 0) is 5.41 Å². The predicted molar refractivity (Wildman–Crippen MR) is 111 cm³/mol. The number of rotatable bonds is 5. The lowest BCUT2D eigenvalue weighted by molar-refractivity contribution is -0.00721. The molecule has 1 aromatic carbocycles. The number of aromatic nitrogens is 2. The van der Waals surface area contributed by atoms with Crippen molar-refractivity contribution in [3.05, 3.63) is 47.3 Å². The van der Waals surface area contributed by atoms with Gasteiger partial charge in [0, 0.05) is 11.1 Å². The summed E-state index contributed by atoms with van der Waals surface area (Å²) in [5.74, 6) is 3.10. The zero-order chi connectivity index (χ0) is 20.0. The molecule has 0 atom stereocenters. The minimum absolute atomic E-state index is 0.211. The Labute approximate surface area is 171 Å². The molecule has 1 aromatic heterocycles. The van der Waals surface area contributed by atoms with E-state index in [0.29, 0.717) is 5.69 Å². The second kappa shape index (κ2) is 7.01. The van der Waals surface area contributed by atoms with Crippen LogP contribution >= 0.6 is 0 Å². The highest BCUT2D eigenvalue weighted by Crippen LogP contribution is 2.60. The van der Waals surface area contributed by atoms with Crippen molar-refractivity contribution in [1.29, 1.82) is 0 Å². The van der Waals surface area contributed by atoms with E-state index < -0.39 is 0 Å². The van der Waals surface area contributed by atoms with Crippen LogP contribution in [-0.4, -0.2) is 28.9 Å². The second-order valence-electron chi connectivity index (χ2n) is 9.23. The van der Waals surface area contributed by atoms with Crippen LogP contribution in [0, 0.1) is 17.8 Å². The maximum atomic E-state index is 12.6. The number of amides is 1. The van der Waals surface area contributed by atoms with Crippen molar-refractivity contribution < 1.29 is 9.53 Å². The van der Waals surface area contributed by atoms with E-state index in [2.05, 4.69) is 20.7 Å². The Bertz CT molecular complexity index is 909. The number of hydrogen-bond donors (Lipinski definition) is 2. The van der Waals surface area contributed by atoms with Crippen LogP contribution in [0.1, 0.15) is 67.2 Å². The molecule has 0 saturated heterocycles. The van der Waals surface area contributed by atoms with Gasteiger partial charge in [0.2, 0.25) is 0 Å². The van der Waals surface area contributed by atoms with Gasteiger partial charge in [0.05, 0.1) is 12.8 Å². The van der Waals surface area contributed by atoms with Crippen LogP contribution in [0.5, 0.6) is 5.75 Å². The maximum absolute atomic E-state index is 12.6. The smallest absolute Gasteiger partial charge is 0.291 e. The number of benzene rings is 1. The third-order valence-corrected chi connectivity index (χ3v) is 7.25. The van der Waals surface area contributed by atoms with Crippen molar-refractivity contribution >= 4 is 11.6 Å². The van der Waals surface area contributed by atoms with E-state index in [0.717, 1.165) is 40.5 Å². The molecule has 1 heterocycles. The molecular formula is C23H28N4O2. The lowest BCUT2D eigenvalue weighted by Crippen LogP contribution is -2.48. The highest BCUT2D eigenvalue weighted by molar-refractivity contribution is 6.00. The third-order valence-electron chi connectivity index (χ3n) is 7.25. The van der Waals surface area contributed by atoms with Crippen molar-refractivity contribution in [2.45, 2.75) is 50.9 Å². The zero-order valence-corrected chi connectivity index (χ0v) is 17.1. The van der Waals surface area contributed by atoms with Gasteiger partial charge in [-0.25, -0.2) is 5.43 Å². The Balaban J connectivity index is 1.28. The van der Waals surface area contributed by atoms with Gasteiger partial charge < -0.3 is 4.74 Å². The molecule has 1 amide bonds. The van der Waals surface area contributed by atoms with Gasteiger partial charge in [0.25, 0.3) is 5.91 Å². The molecule has 4 bridgehead atoms. The fourth-order valence-electron chi connectivity index (χ4n) is 6.24. The van der Waals surface area contributed by atoms with Crippen molar-refractivity contribution in [3.63, 3.8) is 0 Å². The predicted octanol–water partition coefficient (Wildman–Crippen LogP) is 4.04. The molecule has 4 saturated carbocycles. The van der Waals surface area contributed by atoms with E-state index in [1.807, 2.05) is 37.3 Å². The normalized spacial score (nSPS) is 30.4. The molecule has 0 unspecified atom stereocenters. The van der Waals surface area contributed by atoms with Gasteiger partial charge in [-0.15, -0.1) is 0 Å². The van der Waals surface area contributed by atoms with Crippen molar-refractivity contribution in [1.82, 2.24) is 15.6 Å². The Morgan fingerprint density at radius 1 is 1.14 bits per heavy atom. The summed E-state index contributed by atoms with van der Waals surface area (Å²) in [5, 5.41) is 11.8. The molecule has 2 N–H and O–H groups in total. The summed E-state index contributed by atoms with van der Waals surface area (Å²) in [6, 6.07) is 9.55. The molecular weight excluding hydrogens is 364 g/mol. The zero-order valence-electron chi connectivity index (χ0n) is 17.1. The number of nitrogens with one attached hydrogen (secondary N) is 2. The van der Waals surface area contributed by atoms with Gasteiger partial charge in [-0.1, -0.05) is 0 Å². The van der Waals surface area contributed by atoms with Gasteiger partial charge in [0.1, 0.15) is 5.75 Å². The van der Waals surface area contributed by atoms with Crippen LogP contribution in [0.25, 0.3) is 0 Å². The van der Waals surface area contributed by atoms with Crippen molar-refractivity contribution in [2.75, 3.05) is 7.11 Å². The molecule has 0 spiro atoms. The average molecular weight is 393 g/mol. The van der Waals surface area contributed by atoms with Crippen LogP contribution in [0.15, 0.2) is 35.4 Å². The van der Waals surface area contributed by atoms with Crippen LogP contribution in [0.4, 0.5) is 0 Å². The quantitative estimate of drug-likeness (QED) is 0.595. The van der Waals surface area contributed by atoms with E-state index in [-0.39, 0.29) is 11.3 Å². The summed E-state index contributed by atoms with van der Waals surface area (Å²) >= 11 is 0. The largest absolute Gasteiger partial charge is 0.497 e. The molecule has 4 aliphatic carbocycles. The molecule has 4 fully saturated rings. The molecule has 6 rings (SSSR count). The lowest BCUT2D eigenvalue weighted by Gasteiger charge is -2.56. The number of ether oxygens (including phenoxy) is 1. The minimum Gasteiger partial charge on any atom is -0.497 e. The van der Waals surface area contributed by atoms with Crippen molar-refractivity contribution in [3.8, 4) is 5.75 Å². The molecule has 6 nitrogen and oxygen atoms in total. The topological polar surface area (TPSA) is 79.4 Å². The Morgan fingerprint density at radius 3 is 2.34 bits per heavy atom. The number of carbonyl (C=O) groups is 1. The Hall–Kier alpha value is -2.63. The maximum Gasteiger partial charge on any atom is 0.291 e. The van der Waals surface area contributed by atoms with Gasteiger partial charge in [-0.2, -0.15) is 10.2 Å². The van der Waals surface area contributed by atoms with Gasteiger partial charge >= 0.3 is 0 Å². The first-order chi connectivity index (χ1) is 14.0. The summed E-state index contributed by atoms with van der Waals surface area (Å²) in [5.41, 5.74) is 6.10. The van der Waals surface area contributed by atoms with Crippen LogP contribution < -0.4 is 10.2 Å². The number of nitrogens with zero attached hydrogens (tertiary/aromatic N) is 2. The third kappa shape index (κ3) is 3.34. The van der Waals surface area contributed by atoms with Gasteiger partial charge in [-0.05, 0) is 99.1 Å². The van der Waals surface area contributed by atoms with Crippen LogP contribution in [0.2, 0.25) is 0 Å². The highest BCUT2D eigenvalue weighted by Gasteiger charge is 2.52. The first kappa shape index (κ1) is 18.4. The van der Waals surface area contributed by atoms with E-state index in [9.17, 15) is 4.79 Å². The molecule has 2 aromatic rings. The van der Waals surface area contributed by atoms with E-state index in [1.165, 1.54) is 38.5 Å². The second-order valence-corrected chi connectivity index (χ2v) is 9.23. The first-order valence-corrected chi connectivity index (χ1v) is 10.6. The van der Waals surface area contributed by atoms with E-state index in [4.69, 9.17) is 4.74 Å². The summed E-state index contributed by atoms with van der Waals surface area (Å²) in [4.78, 5) is 12.6. The fraction of sp³-hybridized carbons (Fsp3) is 0.522. The number of hydrazone groups is 1.